The Morgan fingerprint density at radius 1 is 1.35 bits per heavy atom. The van der Waals surface area contributed by atoms with Crippen molar-refractivity contribution in [1.82, 2.24) is 9.97 Å². The lowest BCUT2D eigenvalue weighted by Gasteiger charge is -2.05. The molecule has 2 aromatic rings. The maximum Gasteiger partial charge on any atom is 0.272 e. The molecule has 1 amide bonds. The first-order valence-electron chi connectivity index (χ1n) is 4.52. The van der Waals surface area contributed by atoms with E-state index in [9.17, 15) is 4.79 Å². The number of anilines is 1. The van der Waals surface area contributed by atoms with E-state index >= 15 is 0 Å². The Kier molecular flexibility index (Phi) is 3.86. The Labute approximate surface area is 119 Å². The monoisotopic (exact) mass is 377 g/mol. The summed E-state index contributed by atoms with van der Waals surface area (Å²) in [4.78, 5) is 18.6. The predicted molar refractivity (Wildman–Crippen MR) is 73.4 cm³/mol. The third kappa shape index (κ3) is 3.08. The van der Waals surface area contributed by atoms with E-state index in [1.54, 1.807) is 24.5 Å². The van der Waals surface area contributed by atoms with Crippen LogP contribution in [0.1, 0.15) is 10.5 Å². The average Bonchev–Trinajstić information content (AvgIpc) is 2.70. The predicted octanol–water partition coefficient (Wildman–Crippen LogP) is 3.84. The number of nitrogens with one attached hydrogen (secondary N) is 2. The number of carbonyl (C=O) groups is 1. The summed E-state index contributed by atoms with van der Waals surface area (Å²) < 4.78 is 1.55. The summed E-state index contributed by atoms with van der Waals surface area (Å²) in [7, 11) is 0. The first-order valence-corrected chi connectivity index (χ1v) is 6.49. The topological polar surface area (TPSA) is 57.8 Å². The third-order valence-electron chi connectivity index (χ3n) is 1.95. The van der Waals surface area contributed by atoms with Gasteiger partial charge in [-0.05, 0) is 44.0 Å². The number of H-pyrrole nitrogens is 1. The van der Waals surface area contributed by atoms with Crippen LogP contribution in [0.15, 0.2) is 33.5 Å². The first kappa shape index (κ1) is 12.6. The van der Waals surface area contributed by atoms with Crippen LogP contribution >= 0.6 is 43.5 Å². The lowest BCUT2D eigenvalue weighted by molar-refractivity contribution is 0.102. The van der Waals surface area contributed by atoms with E-state index in [2.05, 4.69) is 47.1 Å². The van der Waals surface area contributed by atoms with Crippen molar-refractivity contribution in [3.8, 4) is 0 Å². The maximum absolute atomic E-state index is 11.8. The molecule has 7 heteroatoms. The molecule has 0 bridgehead atoms. The number of hydrogen-bond donors (Lipinski definition) is 2. The van der Waals surface area contributed by atoms with Crippen LogP contribution in [-0.4, -0.2) is 15.9 Å². The molecule has 0 unspecified atom stereocenters. The summed E-state index contributed by atoms with van der Waals surface area (Å²) in [6.07, 6.45) is 3.24. The molecule has 17 heavy (non-hydrogen) atoms. The highest BCUT2D eigenvalue weighted by Crippen LogP contribution is 2.23. The van der Waals surface area contributed by atoms with Gasteiger partial charge in [0, 0.05) is 21.3 Å². The molecule has 0 radical (unpaired) electrons. The normalized spacial score (nSPS) is 10.3. The van der Waals surface area contributed by atoms with Crippen LogP contribution in [0, 0.1) is 0 Å². The molecule has 0 aliphatic heterocycles. The van der Waals surface area contributed by atoms with Gasteiger partial charge in [-0.1, -0.05) is 11.6 Å². The van der Waals surface area contributed by atoms with Crippen LogP contribution in [0.25, 0.3) is 0 Å². The fraction of sp³-hybridized carbons (Fsp3) is 0. The van der Waals surface area contributed by atoms with E-state index in [0.29, 0.717) is 11.4 Å². The van der Waals surface area contributed by atoms with Crippen LogP contribution in [0.5, 0.6) is 0 Å². The Morgan fingerprint density at radius 2 is 2.12 bits per heavy atom. The number of carbonyl (C=O) groups excluding carboxylic acids is 1. The molecular weight excluding hydrogens is 373 g/mol. The summed E-state index contributed by atoms with van der Waals surface area (Å²) in [5.74, 6) is -0.280. The molecule has 0 aliphatic carbocycles. The number of pyridine rings is 1. The van der Waals surface area contributed by atoms with Gasteiger partial charge in [0.05, 0.1) is 5.69 Å². The van der Waals surface area contributed by atoms with Crippen LogP contribution in [0.3, 0.4) is 0 Å². The molecule has 0 fully saturated rings. The second-order valence-corrected chi connectivity index (χ2v) is 5.37. The number of halogens is 3. The van der Waals surface area contributed by atoms with Crippen molar-refractivity contribution in [3.63, 3.8) is 0 Å². The number of rotatable bonds is 2. The zero-order valence-electron chi connectivity index (χ0n) is 8.30. The van der Waals surface area contributed by atoms with Crippen LogP contribution in [0.4, 0.5) is 5.69 Å². The van der Waals surface area contributed by atoms with Gasteiger partial charge in [0.2, 0.25) is 0 Å². The van der Waals surface area contributed by atoms with Crippen LogP contribution < -0.4 is 5.32 Å². The second-order valence-electron chi connectivity index (χ2n) is 3.18. The van der Waals surface area contributed by atoms with E-state index in [1.807, 2.05) is 0 Å². The van der Waals surface area contributed by atoms with Crippen molar-refractivity contribution < 1.29 is 4.79 Å². The molecule has 2 aromatic heterocycles. The highest BCUT2D eigenvalue weighted by molar-refractivity contribution is 9.10. The molecular formula is C10H6Br2ClN3O. The van der Waals surface area contributed by atoms with Gasteiger partial charge in [-0.25, -0.2) is 4.98 Å². The molecule has 4 nitrogen and oxygen atoms in total. The summed E-state index contributed by atoms with van der Waals surface area (Å²) in [5, 5.41) is 2.91. The van der Waals surface area contributed by atoms with Gasteiger partial charge < -0.3 is 10.3 Å². The SMILES string of the molecule is O=C(Nc1cc(Br)cnc1Cl)c1cc(Br)c[nH]1. The summed E-state index contributed by atoms with van der Waals surface area (Å²) >= 11 is 12.4. The van der Waals surface area contributed by atoms with E-state index in [0.717, 1.165) is 8.95 Å². The summed E-state index contributed by atoms with van der Waals surface area (Å²) in [6, 6.07) is 3.36. The highest BCUT2D eigenvalue weighted by atomic mass is 79.9. The van der Waals surface area contributed by atoms with Gasteiger partial charge in [0.15, 0.2) is 5.15 Å². The molecule has 0 saturated carbocycles. The number of hydrogen-bond acceptors (Lipinski definition) is 2. The minimum absolute atomic E-state index is 0.243. The van der Waals surface area contributed by atoms with E-state index in [1.165, 1.54) is 0 Å². The average molecular weight is 379 g/mol. The van der Waals surface area contributed by atoms with Crippen molar-refractivity contribution in [2.24, 2.45) is 0 Å². The fourth-order valence-electron chi connectivity index (χ4n) is 1.20. The molecule has 0 atom stereocenters. The van der Waals surface area contributed by atoms with E-state index in [-0.39, 0.29) is 11.1 Å². The number of aromatic nitrogens is 2. The third-order valence-corrected chi connectivity index (χ3v) is 3.14. The van der Waals surface area contributed by atoms with Gasteiger partial charge >= 0.3 is 0 Å². The second kappa shape index (κ2) is 5.20. The van der Waals surface area contributed by atoms with Crippen molar-refractivity contribution in [2.45, 2.75) is 0 Å². The Bertz CT molecular complexity index is 570. The Balaban J connectivity index is 2.21. The molecule has 2 rings (SSSR count). The molecule has 0 saturated heterocycles. The number of aromatic amines is 1. The summed E-state index contributed by atoms with van der Waals surface area (Å²) in [6.45, 7) is 0. The molecule has 0 aromatic carbocycles. The Morgan fingerprint density at radius 3 is 2.76 bits per heavy atom. The molecule has 2 N–H and O–H groups in total. The number of amides is 1. The fourth-order valence-corrected chi connectivity index (χ4v) is 2.02. The standard InChI is InChI=1S/C10H6Br2ClN3O/c11-5-1-7(9(13)15-4-5)16-10(17)8-2-6(12)3-14-8/h1-4,14H,(H,16,17). The maximum atomic E-state index is 11.8. The number of nitrogens with zero attached hydrogens (tertiary/aromatic N) is 1. The minimum atomic E-state index is -0.280. The van der Waals surface area contributed by atoms with Crippen LogP contribution in [0.2, 0.25) is 5.15 Å². The smallest absolute Gasteiger partial charge is 0.272 e. The lowest BCUT2D eigenvalue weighted by Crippen LogP contribution is -2.12. The zero-order valence-corrected chi connectivity index (χ0v) is 12.2. The molecule has 0 aliphatic rings. The van der Waals surface area contributed by atoms with Gasteiger partial charge in [-0.3, -0.25) is 4.79 Å². The van der Waals surface area contributed by atoms with Gasteiger partial charge in [-0.2, -0.15) is 0 Å². The van der Waals surface area contributed by atoms with Crippen molar-refractivity contribution in [1.29, 1.82) is 0 Å². The van der Waals surface area contributed by atoms with Gasteiger partial charge in [-0.15, -0.1) is 0 Å². The van der Waals surface area contributed by atoms with Crippen LogP contribution in [-0.2, 0) is 0 Å². The molecule has 0 spiro atoms. The quantitative estimate of drug-likeness (QED) is 0.779. The highest BCUT2D eigenvalue weighted by Gasteiger charge is 2.11. The van der Waals surface area contributed by atoms with Crippen molar-refractivity contribution in [3.05, 3.63) is 44.3 Å². The Hall–Kier alpha value is -0.850. The van der Waals surface area contributed by atoms with Crippen molar-refractivity contribution >= 4 is 55.1 Å². The first-order chi connectivity index (χ1) is 8.06. The van der Waals surface area contributed by atoms with Gasteiger partial charge in [0.1, 0.15) is 5.69 Å². The summed E-state index contributed by atoms with van der Waals surface area (Å²) in [5.41, 5.74) is 0.893. The van der Waals surface area contributed by atoms with E-state index < -0.39 is 0 Å². The minimum Gasteiger partial charge on any atom is -0.356 e. The van der Waals surface area contributed by atoms with Crippen molar-refractivity contribution in [2.75, 3.05) is 5.32 Å². The largest absolute Gasteiger partial charge is 0.356 e. The molecule has 2 heterocycles. The molecule has 88 valence electrons. The van der Waals surface area contributed by atoms with Gasteiger partial charge in [0.25, 0.3) is 5.91 Å². The zero-order chi connectivity index (χ0) is 12.4. The lowest BCUT2D eigenvalue weighted by atomic mass is 10.3. The van der Waals surface area contributed by atoms with E-state index in [4.69, 9.17) is 11.6 Å².